The van der Waals surface area contributed by atoms with Crippen molar-refractivity contribution in [2.24, 2.45) is 0 Å². The van der Waals surface area contributed by atoms with Crippen LogP contribution in [0.5, 0.6) is 0 Å². The molecule has 0 aliphatic rings. The van der Waals surface area contributed by atoms with E-state index in [1.54, 1.807) is 0 Å². The van der Waals surface area contributed by atoms with Gasteiger partial charge in [0.05, 0.1) is 6.61 Å². The van der Waals surface area contributed by atoms with Crippen LogP contribution in [0.15, 0.2) is 12.1 Å². The Kier molecular flexibility index (Phi) is 5.42. The molecule has 1 aromatic rings. The van der Waals surface area contributed by atoms with E-state index in [0.717, 1.165) is 29.9 Å². The van der Waals surface area contributed by atoms with Gasteiger partial charge in [-0.05, 0) is 37.5 Å². The number of hydrogen-bond donors (Lipinski definition) is 1. The molecule has 0 saturated heterocycles. The van der Waals surface area contributed by atoms with Crippen LogP contribution in [0, 0.1) is 0 Å². The van der Waals surface area contributed by atoms with Crippen molar-refractivity contribution in [1.82, 2.24) is 4.98 Å². The van der Waals surface area contributed by atoms with Crippen LogP contribution in [-0.2, 0) is 13.0 Å². The Morgan fingerprint density at radius 2 is 2.06 bits per heavy atom. The highest BCUT2D eigenvalue weighted by Crippen LogP contribution is 2.18. The van der Waals surface area contributed by atoms with Crippen molar-refractivity contribution in [3.63, 3.8) is 0 Å². The van der Waals surface area contributed by atoms with Gasteiger partial charge in [0.25, 0.3) is 0 Å². The first-order chi connectivity index (χ1) is 8.12. The predicted molar refractivity (Wildman–Crippen MR) is 72.3 cm³/mol. The highest BCUT2D eigenvalue weighted by molar-refractivity contribution is 5.42. The lowest BCUT2D eigenvalue weighted by molar-refractivity contribution is 0.281. The molecule has 1 rings (SSSR count). The van der Waals surface area contributed by atoms with Gasteiger partial charge in [-0.2, -0.15) is 0 Å². The summed E-state index contributed by atoms with van der Waals surface area (Å²) in [6, 6.07) is 4.43. The third kappa shape index (κ3) is 3.70. The minimum absolute atomic E-state index is 0.0819. The highest BCUT2D eigenvalue weighted by atomic mass is 16.3. The number of aliphatic hydroxyl groups excluding tert-OH is 1. The van der Waals surface area contributed by atoms with E-state index >= 15 is 0 Å². The lowest BCUT2D eigenvalue weighted by Gasteiger charge is -2.26. The molecule has 0 bridgehead atoms. The van der Waals surface area contributed by atoms with Crippen molar-refractivity contribution in [2.45, 2.75) is 52.7 Å². The second-order valence-electron chi connectivity index (χ2n) is 4.59. The molecule has 0 amide bonds. The quantitative estimate of drug-likeness (QED) is 0.825. The summed E-state index contributed by atoms with van der Waals surface area (Å²) < 4.78 is 0. The number of pyridine rings is 1. The van der Waals surface area contributed by atoms with Crippen LogP contribution in [0.2, 0.25) is 0 Å². The number of aliphatic hydroxyl groups is 1. The Bertz CT molecular complexity index is 330. The lowest BCUT2D eigenvalue weighted by Crippen LogP contribution is -2.29. The summed E-state index contributed by atoms with van der Waals surface area (Å²) in [6.45, 7) is 6.57. The molecule has 3 nitrogen and oxygen atoms in total. The maximum atomic E-state index is 9.26. The van der Waals surface area contributed by atoms with E-state index in [1.807, 2.05) is 12.1 Å². The second-order valence-corrected chi connectivity index (χ2v) is 4.59. The fourth-order valence-electron chi connectivity index (χ4n) is 1.92. The van der Waals surface area contributed by atoms with Crippen LogP contribution < -0.4 is 4.90 Å². The van der Waals surface area contributed by atoms with Crippen molar-refractivity contribution in [2.75, 3.05) is 11.9 Å². The normalized spacial score (nSPS) is 12.5. The first kappa shape index (κ1) is 14.0. The van der Waals surface area contributed by atoms with E-state index in [2.05, 4.69) is 37.7 Å². The van der Waals surface area contributed by atoms with E-state index in [4.69, 9.17) is 0 Å². The zero-order chi connectivity index (χ0) is 12.8. The van der Waals surface area contributed by atoms with Gasteiger partial charge in [0.1, 0.15) is 5.82 Å². The Hall–Kier alpha value is -1.09. The lowest BCUT2D eigenvalue weighted by atomic mass is 10.1. The Morgan fingerprint density at radius 1 is 1.35 bits per heavy atom. The highest BCUT2D eigenvalue weighted by Gasteiger charge is 2.11. The molecule has 1 heterocycles. The van der Waals surface area contributed by atoms with Crippen molar-refractivity contribution in [3.8, 4) is 0 Å². The summed E-state index contributed by atoms with van der Waals surface area (Å²) >= 11 is 0. The molecule has 3 heteroatoms. The van der Waals surface area contributed by atoms with Gasteiger partial charge in [0, 0.05) is 18.8 Å². The van der Waals surface area contributed by atoms with Crippen LogP contribution >= 0.6 is 0 Å². The molecule has 0 aliphatic carbocycles. The topological polar surface area (TPSA) is 36.4 Å². The summed E-state index contributed by atoms with van der Waals surface area (Å²) in [5.41, 5.74) is 1.99. The van der Waals surface area contributed by atoms with Crippen LogP contribution in [-0.4, -0.2) is 23.2 Å². The molecule has 0 fully saturated rings. The first-order valence-electron chi connectivity index (χ1n) is 6.45. The Balaban J connectivity index is 2.95. The van der Waals surface area contributed by atoms with Gasteiger partial charge < -0.3 is 10.0 Å². The summed E-state index contributed by atoms with van der Waals surface area (Å²) in [4.78, 5) is 6.81. The number of aryl methyl sites for hydroxylation is 1. The fourth-order valence-corrected chi connectivity index (χ4v) is 1.92. The molecule has 0 saturated carbocycles. The van der Waals surface area contributed by atoms with Gasteiger partial charge in [-0.3, -0.25) is 0 Å². The van der Waals surface area contributed by atoms with Crippen molar-refractivity contribution in [3.05, 3.63) is 23.4 Å². The van der Waals surface area contributed by atoms with Gasteiger partial charge in [-0.1, -0.05) is 20.3 Å². The van der Waals surface area contributed by atoms with Crippen LogP contribution in [0.25, 0.3) is 0 Å². The zero-order valence-electron chi connectivity index (χ0n) is 11.4. The van der Waals surface area contributed by atoms with Gasteiger partial charge >= 0.3 is 0 Å². The standard InChI is InChI=1S/C14H24N2O/c1-5-7-11(3)16(4)14-9-12(10-17)8-13(6-2)15-14/h8-9,11,17H,5-7,10H2,1-4H3. The number of anilines is 1. The smallest absolute Gasteiger partial charge is 0.129 e. The second kappa shape index (κ2) is 6.60. The summed E-state index contributed by atoms with van der Waals surface area (Å²) in [7, 11) is 2.07. The third-order valence-corrected chi connectivity index (χ3v) is 3.20. The van der Waals surface area contributed by atoms with E-state index in [0.29, 0.717) is 6.04 Å². The maximum Gasteiger partial charge on any atom is 0.129 e. The molecular formula is C14H24N2O. The molecule has 0 aliphatic heterocycles. The average Bonchev–Trinajstić information content (AvgIpc) is 2.37. The van der Waals surface area contributed by atoms with Crippen LogP contribution in [0.1, 0.15) is 44.9 Å². The van der Waals surface area contributed by atoms with Gasteiger partial charge in [-0.25, -0.2) is 4.98 Å². The minimum Gasteiger partial charge on any atom is -0.392 e. The monoisotopic (exact) mass is 236 g/mol. The number of nitrogens with zero attached hydrogens (tertiary/aromatic N) is 2. The average molecular weight is 236 g/mol. The first-order valence-corrected chi connectivity index (χ1v) is 6.45. The number of rotatable bonds is 6. The van der Waals surface area contributed by atoms with Crippen LogP contribution in [0.3, 0.4) is 0 Å². The number of hydrogen-bond acceptors (Lipinski definition) is 3. The molecule has 96 valence electrons. The summed E-state index contributed by atoms with van der Waals surface area (Å²) in [6.07, 6.45) is 3.23. The molecule has 1 atom stereocenters. The van der Waals surface area contributed by atoms with Crippen molar-refractivity contribution >= 4 is 5.82 Å². The fraction of sp³-hybridized carbons (Fsp3) is 0.643. The molecule has 0 radical (unpaired) electrons. The summed E-state index contributed by atoms with van der Waals surface area (Å²) in [5.74, 6) is 0.967. The SMILES string of the molecule is CCCC(C)N(C)c1cc(CO)cc(CC)n1. The predicted octanol–water partition coefficient (Wildman–Crippen LogP) is 2.76. The summed E-state index contributed by atoms with van der Waals surface area (Å²) in [5, 5.41) is 9.26. The van der Waals surface area contributed by atoms with Crippen LogP contribution in [0.4, 0.5) is 5.82 Å². The van der Waals surface area contributed by atoms with Crippen molar-refractivity contribution < 1.29 is 5.11 Å². The number of aromatic nitrogens is 1. The molecule has 0 spiro atoms. The minimum atomic E-state index is 0.0819. The Labute approximate surface area is 104 Å². The molecule has 1 N–H and O–H groups in total. The zero-order valence-corrected chi connectivity index (χ0v) is 11.4. The van der Waals surface area contributed by atoms with Gasteiger partial charge in [0.2, 0.25) is 0 Å². The van der Waals surface area contributed by atoms with E-state index in [1.165, 1.54) is 6.42 Å². The maximum absolute atomic E-state index is 9.26. The third-order valence-electron chi connectivity index (χ3n) is 3.20. The van der Waals surface area contributed by atoms with Gasteiger partial charge in [0.15, 0.2) is 0 Å². The molecule has 1 aromatic heterocycles. The molecule has 17 heavy (non-hydrogen) atoms. The largest absolute Gasteiger partial charge is 0.392 e. The van der Waals surface area contributed by atoms with E-state index in [9.17, 15) is 5.11 Å². The molecular weight excluding hydrogens is 212 g/mol. The molecule has 1 unspecified atom stereocenters. The Morgan fingerprint density at radius 3 is 2.59 bits per heavy atom. The van der Waals surface area contributed by atoms with E-state index in [-0.39, 0.29) is 6.61 Å². The van der Waals surface area contributed by atoms with Gasteiger partial charge in [-0.15, -0.1) is 0 Å². The van der Waals surface area contributed by atoms with Crippen molar-refractivity contribution in [1.29, 1.82) is 0 Å². The van der Waals surface area contributed by atoms with E-state index < -0.39 is 0 Å². The molecule has 0 aromatic carbocycles.